The van der Waals surface area contributed by atoms with Crippen molar-refractivity contribution >= 4 is 17.4 Å². The maximum atomic E-state index is 13.0. The van der Waals surface area contributed by atoms with Crippen LogP contribution in [0.15, 0.2) is 59.7 Å². The second kappa shape index (κ2) is 9.37. The van der Waals surface area contributed by atoms with Crippen LogP contribution in [-0.4, -0.2) is 24.9 Å². The number of amidine groups is 1. The van der Waals surface area contributed by atoms with Gasteiger partial charge in [-0.25, -0.2) is 9.38 Å². The molecule has 0 radical (unpaired) electrons. The predicted octanol–water partition coefficient (Wildman–Crippen LogP) is 3.91. The third kappa shape index (κ3) is 5.67. The average molecular weight is 395 g/mol. The minimum absolute atomic E-state index is 0.103. The molecule has 152 valence electrons. The van der Waals surface area contributed by atoms with Gasteiger partial charge in [0.15, 0.2) is 0 Å². The molecule has 6 heteroatoms. The van der Waals surface area contributed by atoms with Crippen molar-refractivity contribution in [1.29, 1.82) is 0 Å². The van der Waals surface area contributed by atoms with Gasteiger partial charge in [0.05, 0.1) is 31.5 Å². The number of carbonyl (C=O) groups excluding carboxylic acids is 1. The van der Waals surface area contributed by atoms with Crippen molar-refractivity contribution in [3.8, 4) is 5.75 Å². The molecule has 0 aromatic heterocycles. The minimum Gasteiger partial charge on any atom is -0.497 e. The summed E-state index contributed by atoms with van der Waals surface area (Å²) in [6.45, 7) is 4.26. The van der Waals surface area contributed by atoms with Crippen molar-refractivity contribution in [2.45, 2.75) is 32.7 Å². The van der Waals surface area contributed by atoms with Crippen molar-refractivity contribution in [2.24, 2.45) is 10.9 Å². The van der Waals surface area contributed by atoms with E-state index in [1.165, 1.54) is 12.1 Å². The number of rotatable bonds is 6. The van der Waals surface area contributed by atoms with Crippen molar-refractivity contribution in [2.75, 3.05) is 7.11 Å². The van der Waals surface area contributed by atoms with E-state index < -0.39 is 0 Å². The first kappa shape index (κ1) is 20.6. The molecule has 0 aliphatic carbocycles. The highest BCUT2D eigenvalue weighted by Crippen LogP contribution is 2.21. The molecular formula is C23H26FN3O2. The van der Waals surface area contributed by atoms with Crippen LogP contribution in [0.4, 0.5) is 4.39 Å². The van der Waals surface area contributed by atoms with Crippen molar-refractivity contribution in [3.63, 3.8) is 0 Å². The molecule has 2 aromatic carbocycles. The lowest BCUT2D eigenvalue weighted by molar-refractivity contribution is -0.119. The van der Waals surface area contributed by atoms with Gasteiger partial charge < -0.3 is 15.4 Å². The highest BCUT2D eigenvalue weighted by atomic mass is 19.1. The van der Waals surface area contributed by atoms with E-state index in [1.54, 1.807) is 25.4 Å². The van der Waals surface area contributed by atoms with Gasteiger partial charge in [-0.3, -0.25) is 4.79 Å². The van der Waals surface area contributed by atoms with Gasteiger partial charge in [-0.15, -0.1) is 0 Å². The SMILES string of the molecule is COc1ccc(C2=CN=C(NC(=O)Cc3ccc(F)cc3)C(CC(C)C)N2)cc1. The first-order valence-electron chi connectivity index (χ1n) is 9.67. The van der Waals surface area contributed by atoms with Gasteiger partial charge in [-0.1, -0.05) is 26.0 Å². The zero-order chi connectivity index (χ0) is 20.8. The topological polar surface area (TPSA) is 62.7 Å². The van der Waals surface area contributed by atoms with Gasteiger partial charge in [-0.2, -0.15) is 0 Å². The van der Waals surface area contributed by atoms with E-state index in [1.807, 2.05) is 24.3 Å². The van der Waals surface area contributed by atoms with Crippen LogP contribution >= 0.6 is 0 Å². The number of ether oxygens (including phenoxy) is 1. The van der Waals surface area contributed by atoms with E-state index in [-0.39, 0.29) is 24.2 Å². The lowest BCUT2D eigenvalue weighted by Crippen LogP contribution is -2.48. The van der Waals surface area contributed by atoms with Crippen LogP contribution in [0.3, 0.4) is 0 Å². The molecule has 5 nitrogen and oxygen atoms in total. The lowest BCUT2D eigenvalue weighted by Gasteiger charge is -2.28. The largest absolute Gasteiger partial charge is 0.497 e. The molecule has 29 heavy (non-hydrogen) atoms. The van der Waals surface area contributed by atoms with E-state index >= 15 is 0 Å². The number of benzene rings is 2. The zero-order valence-corrected chi connectivity index (χ0v) is 16.9. The van der Waals surface area contributed by atoms with Crippen LogP contribution < -0.4 is 15.4 Å². The summed E-state index contributed by atoms with van der Waals surface area (Å²) in [6, 6.07) is 13.6. The highest BCUT2D eigenvalue weighted by molar-refractivity contribution is 6.03. The standard InChI is InChI=1S/C23H26FN3O2/c1-15(2)12-20-23(27-22(28)13-16-4-8-18(24)9-5-16)25-14-21(26-20)17-6-10-19(29-3)11-7-17/h4-11,14-15,20,26H,12-13H2,1-3H3,(H,25,27,28). The van der Waals surface area contributed by atoms with E-state index in [2.05, 4.69) is 29.5 Å². The number of aliphatic imine (C=N–C) groups is 1. The van der Waals surface area contributed by atoms with Crippen molar-refractivity contribution in [1.82, 2.24) is 10.6 Å². The summed E-state index contributed by atoms with van der Waals surface area (Å²) in [5, 5.41) is 6.41. The molecule has 3 rings (SSSR count). The average Bonchev–Trinajstić information content (AvgIpc) is 2.71. The Hall–Kier alpha value is -3.15. The molecule has 2 N–H and O–H groups in total. The van der Waals surface area contributed by atoms with Gasteiger partial charge in [0.1, 0.15) is 17.4 Å². The molecule has 1 aliphatic rings. The number of nitrogens with one attached hydrogen (secondary N) is 2. The van der Waals surface area contributed by atoms with E-state index in [4.69, 9.17) is 4.74 Å². The fourth-order valence-corrected chi connectivity index (χ4v) is 3.18. The monoisotopic (exact) mass is 395 g/mol. The molecular weight excluding hydrogens is 369 g/mol. The summed E-state index contributed by atoms with van der Waals surface area (Å²) in [4.78, 5) is 17.0. The van der Waals surface area contributed by atoms with E-state index in [0.29, 0.717) is 11.8 Å². The van der Waals surface area contributed by atoms with Crippen molar-refractivity contribution in [3.05, 3.63) is 71.7 Å². The minimum atomic E-state index is -0.316. The Balaban J connectivity index is 1.74. The van der Waals surface area contributed by atoms with Crippen LogP contribution in [0, 0.1) is 11.7 Å². The summed E-state index contributed by atoms with van der Waals surface area (Å²) in [5.41, 5.74) is 2.65. The molecule has 2 aromatic rings. The maximum absolute atomic E-state index is 13.0. The summed E-state index contributed by atoms with van der Waals surface area (Å²) >= 11 is 0. The number of methoxy groups -OCH3 is 1. The molecule has 1 atom stereocenters. The molecule has 1 unspecified atom stereocenters. The van der Waals surface area contributed by atoms with Gasteiger partial charge >= 0.3 is 0 Å². The lowest BCUT2D eigenvalue weighted by atomic mass is 10.00. The smallest absolute Gasteiger partial charge is 0.229 e. The number of halogens is 1. The Labute approximate surface area is 170 Å². The first-order chi connectivity index (χ1) is 13.9. The zero-order valence-electron chi connectivity index (χ0n) is 16.9. The second-order valence-corrected chi connectivity index (χ2v) is 7.46. The van der Waals surface area contributed by atoms with Gasteiger partial charge in [0.2, 0.25) is 5.91 Å². The van der Waals surface area contributed by atoms with Crippen molar-refractivity contribution < 1.29 is 13.9 Å². The van der Waals surface area contributed by atoms with Crippen LogP contribution in [0.1, 0.15) is 31.4 Å². The number of hydrogen-bond acceptors (Lipinski definition) is 4. The Morgan fingerprint density at radius 2 is 1.86 bits per heavy atom. The molecule has 1 heterocycles. The molecule has 0 bridgehead atoms. The first-order valence-corrected chi connectivity index (χ1v) is 9.67. The third-order valence-corrected chi connectivity index (χ3v) is 4.65. The van der Waals surface area contributed by atoms with Gasteiger partial charge in [0.25, 0.3) is 0 Å². The quantitative estimate of drug-likeness (QED) is 0.780. The molecule has 0 saturated carbocycles. The van der Waals surface area contributed by atoms with Gasteiger partial charge in [-0.05, 0) is 59.9 Å². The molecule has 0 spiro atoms. The highest BCUT2D eigenvalue weighted by Gasteiger charge is 2.23. The van der Waals surface area contributed by atoms with Crippen LogP contribution in [-0.2, 0) is 11.2 Å². The predicted molar refractivity (Wildman–Crippen MR) is 113 cm³/mol. The van der Waals surface area contributed by atoms with Crippen LogP contribution in [0.2, 0.25) is 0 Å². The Morgan fingerprint density at radius 1 is 1.17 bits per heavy atom. The Kier molecular flexibility index (Phi) is 6.65. The third-order valence-electron chi connectivity index (χ3n) is 4.65. The van der Waals surface area contributed by atoms with Crippen LogP contribution in [0.25, 0.3) is 5.70 Å². The number of carbonyl (C=O) groups is 1. The summed E-state index contributed by atoms with van der Waals surface area (Å²) in [7, 11) is 1.64. The Bertz CT molecular complexity index is 903. The second-order valence-electron chi connectivity index (χ2n) is 7.46. The fraction of sp³-hybridized carbons (Fsp3) is 0.304. The molecule has 0 fully saturated rings. The number of nitrogens with zero attached hydrogens (tertiary/aromatic N) is 1. The summed E-state index contributed by atoms with van der Waals surface area (Å²) < 4.78 is 18.3. The maximum Gasteiger partial charge on any atom is 0.229 e. The van der Waals surface area contributed by atoms with Crippen LogP contribution in [0.5, 0.6) is 5.75 Å². The molecule has 1 aliphatic heterocycles. The molecule has 1 amide bonds. The number of amides is 1. The van der Waals surface area contributed by atoms with Gasteiger partial charge in [0, 0.05) is 0 Å². The van der Waals surface area contributed by atoms with E-state index in [9.17, 15) is 9.18 Å². The fourth-order valence-electron chi connectivity index (χ4n) is 3.18. The van der Waals surface area contributed by atoms with E-state index in [0.717, 1.165) is 29.0 Å². The Morgan fingerprint density at radius 3 is 2.48 bits per heavy atom. The molecule has 0 saturated heterocycles. The number of hydrogen-bond donors (Lipinski definition) is 2. The summed E-state index contributed by atoms with van der Waals surface area (Å²) in [5.74, 6) is 1.32. The summed E-state index contributed by atoms with van der Waals surface area (Å²) in [6.07, 6.45) is 2.72. The normalized spacial score (nSPS) is 16.0.